The van der Waals surface area contributed by atoms with E-state index >= 15 is 0 Å². The summed E-state index contributed by atoms with van der Waals surface area (Å²) in [4.78, 5) is 2.80. The predicted molar refractivity (Wildman–Crippen MR) is 82.5 cm³/mol. The third kappa shape index (κ3) is 3.25. The molecule has 0 aromatic carbocycles. The van der Waals surface area contributed by atoms with Crippen LogP contribution < -0.4 is 11.1 Å². The van der Waals surface area contributed by atoms with Crippen molar-refractivity contribution in [1.82, 2.24) is 14.7 Å². The summed E-state index contributed by atoms with van der Waals surface area (Å²) in [5.41, 5.74) is 7.55. The summed E-state index contributed by atoms with van der Waals surface area (Å²) in [6, 6.07) is 0. The number of likely N-dealkylation sites (tertiary alicyclic amines) is 1. The lowest BCUT2D eigenvalue weighted by Gasteiger charge is -2.30. The van der Waals surface area contributed by atoms with Gasteiger partial charge in [-0.25, -0.2) is 0 Å². The summed E-state index contributed by atoms with van der Waals surface area (Å²) in [6.45, 7) is 5.23. The van der Waals surface area contributed by atoms with Crippen molar-refractivity contribution in [3.63, 3.8) is 0 Å². The minimum atomic E-state index is 0.411. The smallest absolute Gasteiger partial charge is 0.134 e. The topological polar surface area (TPSA) is 59.1 Å². The highest BCUT2D eigenvalue weighted by atomic mass is 32.1. The Morgan fingerprint density at radius 2 is 2.26 bits per heavy atom. The van der Waals surface area contributed by atoms with Crippen molar-refractivity contribution in [2.45, 2.75) is 19.8 Å². The third-order valence-corrected chi connectivity index (χ3v) is 3.95. The number of nitrogens with one attached hydrogen (secondary N) is 1. The van der Waals surface area contributed by atoms with Crippen LogP contribution in [0.4, 0.5) is 5.82 Å². The molecular weight excluding hydrogens is 258 g/mol. The van der Waals surface area contributed by atoms with Crippen molar-refractivity contribution in [3.05, 3.63) is 11.3 Å². The number of nitrogens with two attached hydrogens (primary N) is 1. The van der Waals surface area contributed by atoms with Crippen LogP contribution in [0.15, 0.2) is 0 Å². The first kappa shape index (κ1) is 14.3. The molecule has 2 rings (SSSR count). The van der Waals surface area contributed by atoms with Crippen LogP contribution in [0.5, 0.6) is 0 Å². The number of hydrogen-bond donors (Lipinski definition) is 2. The summed E-state index contributed by atoms with van der Waals surface area (Å²) < 4.78 is 1.83. The van der Waals surface area contributed by atoms with E-state index in [-0.39, 0.29) is 0 Å². The van der Waals surface area contributed by atoms with E-state index in [0.29, 0.717) is 10.9 Å². The summed E-state index contributed by atoms with van der Waals surface area (Å²) >= 11 is 5.12. The van der Waals surface area contributed by atoms with Crippen LogP contribution in [0, 0.1) is 12.8 Å². The van der Waals surface area contributed by atoms with Crippen molar-refractivity contribution < 1.29 is 0 Å². The quantitative estimate of drug-likeness (QED) is 0.810. The molecule has 1 aromatic rings. The molecule has 0 aliphatic carbocycles. The maximum atomic E-state index is 5.79. The Morgan fingerprint density at radius 1 is 1.53 bits per heavy atom. The Kier molecular flexibility index (Phi) is 4.42. The lowest BCUT2D eigenvalue weighted by atomic mass is 9.98. The fourth-order valence-electron chi connectivity index (χ4n) is 2.84. The van der Waals surface area contributed by atoms with Gasteiger partial charge >= 0.3 is 0 Å². The fraction of sp³-hybridized carbons (Fsp3) is 0.692. The van der Waals surface area contributed by atoms with Gasteiger partial charge in [0.15, 0.2) is 0 Å². The number of aryl methyl sites for hydroxylation is 2. The lowest BCUT2D eigenvalue weighted by Crippen LogP contribution is -2.35. The van der Waals surface area contributed by atoms with Gasteiger partial charge in [0.1, 0.15) is 10.8 Å². The van der Waals surface area contributed by atoms with E-state index in [2.05, 4.69) is 22.4 Å². The Hall–Kier alpha value is -1.14. The van der Waals surface area contributed by atoms with Crippen LogP contribution >= 0.6 is 12.2 Å². The van der Waals surface area contributed by atoms with Crippen molar-refractivity contribution in [1.29, 1.82) is 0 Å². The van der Waals surface area contributed by atoms with Crippen LogP contribution in [-0.4, -0.2) is 46.4 Å². The van der Waals surface area contributed by atoms with Gasteiger partial charge in [-0.1, -0.05) is 12.2 Å². The zero-order chi connectivity index (χ0) is 14.0. The molecule has 6 heteroatoms. The molecule has 1 fully saturated rings. The van der Waals surface area contributed by atoms with Crippen LogP contribution in [0.2, 0.25) is 0 Å². The molecule has 0 amide bonds. The van der Waals surface area contributed by atoms with E-state index in [1.807, 2.05) is 18.7 Å². The molecule has 1 aliphatic heterocycles. The highest BCUT2D eigenvalue weighted by Crippen LogP contribution is 2.21. The summed E-state index contributed by atoms with van der Waals surface area (Å²) in [7, 11) is 4.10. The van der Waals surface area contributed by atoms with Crippen molar-refractivity contribution in [2.75, 3.05) is 32.0 Å². The third-order valence-electron chi connectivity index (χ3n) is 3.75. The molecule has 19 heavy (non-hydrogen) atoms. The van der Waals surface area contributed by atoms with Gasteiger partial charge < -0.3 is 16.0 Å². The number of piperidine rings is 1. The minimum absolute atomic E-state index is 0.411. The SMILES string of the molecule is Cc1nn(C)c(NCC2CCCN(C)C2)c1C(N)=S. The maximum absolute atomic E-state index is 5.79. The molecule has 0 bridgehead atoms. The second-order valence-corrected chi connectivity index (χ2v) is 5.89. The Morgan fingerprint density at radius 3 is 2.89 bits per heavy atom. The molecule has 1 atom stereocenters. The van der Waals surface area contributed by atoms with Crippen LogP contribution in [-0.2, 0) is 7.05 Å². The number of thiocarbonyl (C=S) groups is 1. The second kappa shape index (κ2) is 5.88. The molecule has 3 N–H and O–H groups in total. The first-order valence-electron chi connectivity index (χ1n) is 6.75. The summed E-state index contributed by atoms with van der Waals surface area (Å²) in [6.07, 6.45) is 2.55. The fourth-order valence-corrected chi connectivity index (χ4v) is 3.08. The molecule has 1 saturated heterocycles. The number of nitrogens with zero attached hydrogens (tertiary/aromatic N) is 3. The van der Waals surface area contributed by atoms with Gasteiger partial charge in [0, 0.05) is 20.1 Å². The van der Waals surface area contributed by atoms with Crippen molar-refractivity contribution >= 4 is 23.0 Å². The normalized spacial score (nSPS) is 20.5. The van der Waals surface area contributed by atoms with Gasteiger partial charge in [-0.15, -0.1) is 0 Å². The molecule has 5 nitrogen and oxygen atoms in total. The van der Waals surface area contributed by atoms with E-state index in [1.165, 1.54) is 19.4 Å². The molecule has 0 saturated carbocycles. The highest BCUT2D eigenvalue weighted by molar-refractivity contribution is 7.80. The van der Waals surface area contributed by atoms with Crippen LogP contribution in [0.3, 0.4) is 0 Å². The zero-order valence-electron chi connectivity index (χ0n) is 11.9. The molecular formula is C13H23N5S. The average Bonchev–Trinajstić information content (AvgIpc) is 2.61. The van der Waals surface area contributed by atoms with E-state index in [9.17, 15) is 0 Å². The molecule has 0 radical (unpaired) electrons. The van der Waals surface area contributed by atoms with E-state index < -0.39 is 0 Å². The highest BCUT2D eigenvalue weighted by Gasteiger charge is 2.20. The van der Waals surface area contributed by atoms with Gasteiger partial charge in [0.25, 0.3) is 0 Å². The summed E-state index contributed by atoms with van der Waals surface area (Å²) in [5.74, 6) is 1.62. The first-order chi connectivity index (χ1) is 8.99. The average molecular weight is 281 g/mol. The molecule has 1 aliphatic rings. The van der Waals surface area contributed by atoms with Crippen molar-refractivity contribution in [2.24, 2.45) is 18.7 Å². The van der Waals surface area contributed by atoms with E-state index in [1.54, 1.807) is 0 Å². The number of rotatable bonds is 4. The number of anilines is 1. The molecule has 106 valence electrons. The van der Waals surface area contributed by atoms with Gasteiger partial charge in [-0.05, 0) is 39.3 Å². The maximum Gasteiger partial charge on any atom is 0.134 e. The Balaban J connectivity index is 2.05. The second-order valence-electron chi connectivity index (χ2n) is 5.45. The molecule has 1 aromatic heterocycles. The lowest BCUT2D eigenvalue weighted by molar-refractivity contribution is 0.217. The largest absolute Gasteiger partial charge is 0.389 e. The Labute approximate surface area is 120 Å². The minimum Gasteiger partial charge on any atom is -0.389 e. The Bertz CT molecular complexity index is 468. The first-order valence-corrected chi connectivity index (χ1v) is 7.15. The van der Waals surface area contributed by atoms with Gasteiger partial charge in [0.2, 0.25) is 0 Å². The van der Waals surface area contributed by atoms with Gasteiger partial charge in [-0.2, -0.15) is 5.10 Å². The molecule has 2 heterocycles. The summed E-state index contributed by atoms with van der Waals surface area (Å²) in [5, 5.41) is 7.87. The monoisotopic (exact) mass is 281 g/mol. The van der Waals surface area contributed by atoms with E-state index in [4.69, 9.17) is 18.0 Å². The van der Waals surface area contributed by atoms with Crippen LogP contribution in [0.1, 0.15) is 24.1 Å². The van der Waals surface area contributed by atoms with Gasteiger partial charge in [0.05, 0.1) is 11.3 Å². The standard InChI is InChI=1S/C13H23N5S/c1-9-11(12(14)19)13(18(3)16-9)15-7-10-5-4-6-17(2)8-10/h10,15H,4-8H2,1-3H3,(H2,14,19). The zero-order valence-corrected chi connectivity index (χ0v) is 12.8. The number of hydrogen-bond acceptors (Lipinski definition) is 4. The molecule has 1 unspecified atom stereocenters. The van der Waals surface area contributed by atoms with Crippen LogP contribution in [0.25, 0.3) is 0 Å². The number of aromatic nitrogens is 2. The van der Waals surface area contributed by atoms with Gasteiger partial charge in [-0.3, -0.25) is 4.68 Å². The predicted octanol–water partition coefficient (Wildman–Crippen LogP) is 1.12. The van der Waals surface area contributed by atoms with E-state index in [0.717, 1.165) is 30.2 Å². The van der Waals surface area contributed by atoms with Crippen molar-refractivity contribution in [3.8, 4) is 0 Å². The molecule has 0 spiro atoms.